The lowest BCUT2D eigenvalue weighted by molar-refractivity contribution is 0.116. The average molecular weight is 188 g/mol. The van der Waals surface area contributed by atoms with Gasteiger partial charge in [0.1, 0.15) is 0 Å². The van der Waals surface area contributed by atoms with E-state index in [2.05, 4.69) is 5.32 Å². The van der Waals surface area contributed by atoms with E-state index >= 15 is 0 Å². The SMILES string of the molecule is O=C(Cl)NC12CCC(CC1)CC2. The Hall–Kier alpha value is -0.240. The van der Waals surface area contributed by atoms with Gasteiger partial charge in [-0.25, -0.2) is 0 Å². The van der Waals surface area contributed by atoms with Crippen molar-refractivity contribution in [2.24, 2.45) is 5.92 Å². The van der Waals surface area contributed by atoms with Gasteiger partial charge in [0.2, 0.25) is 0 Å². The number of halogens is 1. The van der Waals surface area contributed by atoms with Crippen molar-refractivity contribution >= 4 is 17.0 Å². The van der Waals surface area contributed by atoms with Gasteiger partial charge in [-0.15, -0.1) is 0 Å². The highest BCUT2D eigenvalue weighted by Gasteiger charge is 2.40. The molecule has 3 saturated carbocycles. The lowest BCUT2D eigenvalue weighted by atomic mass is 9.66. The molecule has 1 N–H and O–H groups in total. The molecular formula is C9H14ClNO. The molecule has 0 spiro atoms. The number of nitrogens with one attached hydrogen (secondary N) is 1. The van der Waals surface area contributed by atoms with Crippen LogP contribution in [0.25, 0.3) is 0 Å². The van der Waals surface area contributed by atoms with Gasteiger partial charge in [0.15, 0.2) is 0 Å². The normalized spacial score (nSPS) is 39.6. The number of amides is 1. The first kappa shape index (κ1) is 8.36. The number of fused-ring (bicyclic) bond motifs is 3. The van der Waals surface area contributed by atoms with Gasteiger partial charge in [0, 0.05) is 5.54 Å². The van der Waals surface area contributed by atoms with E-state index in [-0.39, 0.29) is 10.9 Å². The predicted octanol–water partition coefficient (Wildman–Crippen LogP) is 2.66. The minimum Gasteiger partial charge on any atom is -0.337 e. The highest BCUT2D eigenvalue weighted by atomic mass is 35.5. The summed E-state index contributed by atoms with van der Waals surface area (Å²) in [5.74, 6) is 0.930. The summed E-state index contributed by atoms with van der Waals surface area (Å²) in [4.78, 5) is 10.7. The fraction of sp³-hybridized carbons (Fsp3) is 0.889. The third-order valence-electron chi connectivity index (χ3n) is 3.46. The highest BCUT2D eigenvalue weighted by Crippen LogP contribution is 2.44. The Labute approximate surface area is 77.7 Å². The van der Waals surface area contributed by atoms with Crippen LogP contribution in [0.2, 0.25) is 0 Å². The minimum absolute atomic E-state index is 0.0770. The van der Waals surface area contributed by atoms with Gasteiger partial charge in [-0.3, -0.25) is 4.79 Å². The second kappa shape index (κ2) is 2.91. The molecule has 68 valence electrons. The summed E-state index contributed by atoms with van der Waals surface area (Å²) in [7, 11) is 0. The second-order valence-corrected chi connectivity index (χ2v) is 4.50. The summed E-state index contributed by atoms with van der Waals surface area (Å²) in [6.07, 6.45) is 7.23. The number of hydrogen-bond donors (Lipinski definition) is 1. The van der Waals surface area contributed by atoms with Gasteiger partial charge < -0.3 is 5.32 Å². The first-order valence-corrected chi connectivity index (χ1v) is 5.06. The largest absolute Gasteiger partial charge is 0.337 e. The smallest absolute Gasteiger partial charge is 0.314 e. The molecule has 3 rings (SSSR count). The molecule has 0 radical (unpaired) electrons. The lowest BCUT2D eigenvalue weighted by Gasteiger charge is -2.46. The maximum absolute atomic E-state index is 10.7. The van der Waals surface area contributed by atoms with Crippen molar-refractivity contribution in [2.75, 3.05) is 0 Å². The number of rotatable bonds is 1. The Balaban J connectivity index is 2.03. The maximum Gasteiger partial charge on any atom is 0.314 e. The van der Waals surface area contributed by atoms with Gasteiger partial charge in [-0.1, -0.05) is 0 Å². The molecule has 2 bridgehead atoms. The quantitative estimate of drug-likeness (QED) is 0.496. The average Bonchev–Trinajstić information content (AvgIpc) is 2.05. The molecule has 0 heterocycles. The van der Waals surface area contributed by atoms with E-state index < -0.39 is 0 Å². The molecule has 0 aromatic heterocycles. The summed E-state index contributed by atoms with van der Waals surface area (Å²) < 4.78 is 0. The van der Waals surface area contributed by atoms with Crippen LogP contribution in [0.4, 0.5) is 4.79 Å². The van der Waals surface area contributed by atoms with Crippen molar-refractivity contribution in [2.45, 2.75) is 44.1 Å². The van der Waals surface area contributed by atoms with Crippen LogP contribution < -0.4 is 5.32 Å². The third kappa shape index (κ3) is 1.45. The molecule has 0 saturated heterocycles. The standard InChI is InChI=1S/C9H14ClNO/c10-8(12)11-9-4-1-7(2-5-9)3-6-9/h7H,1-6H2,(H,11,12). The fourth-order valence-corrected chi connectivity index (χ4v) is 2.85. The molecule has 3 heteroatoms. The number of carbonyl (C=O) groups excluding carboxylic acids is 1. The number of hydrogen-bond acceptors (Lipinski definition) is 1. The van der Waals surface area contributed by atoms with Crippen molar-refractivity contribution < 1.29 is 4.79 Å². The minimum atomic E-state index is -0.379. The first-order valence-electron chi connectivity index (χ1n) is 4.68. The van der Waals surface area contributed by atoms with Crippen LogP contribution >= 0.6 is 11.6 Å². The predicted molar refractivity (Wildman–Crippen MR) is 48.3 cm³/mol. The van der Waals surface area contributed by atoms with E-state index in [9.17, 15) is 4.79 Å². The Morgan fingerprint density at radius 3 is 2.17 bits per heavy atom. The highest BCUT2D eigenvalue weighted by molar-refractivity contribution is 6.63. The molecule has 0 atom stereocenters. The maximum atomic E-state index is 10.7. The van der Waals surface area contributed by atoms with Gasteiger partial charge in [0.25, 0.3) is 0 Å². The summed E-state index contributed by atoms with van der Waals surface area (Å²) >= 11 is 5.35. The van der Waals surface area contributed by atoms with Gasteiger partial charge in [0.05, 0.1) is 0 Å². The summed E-state index contributed by atoms with van der Waals surface area (Å²) in [5, 5.41) is 2.53. The van der Waals surface area contributed by atoms with E-state index in [0.29, 0.717) is 0 Å². The zero-order chi connectivity index (χ0) is 8.60. The van der Waals surface area contributed by atoms with E-state index in [4.69, 9.17) is 11.6 Å². The van der Waals surface area contributed by atoms with Gasteiger partial charge in [-0.2, -0.15) is 0 Å². The zero-order valence-corrected chi connectivity index (χ0v) is 7.86. The summed E-state index contributed by atoms with van der Waals surface area (Å²) in [6.45, 7) is 0. The van der Waals surface area contributed by atoms with Crippen molar-refractivity contribution in [3.05, 3.63) is 0 Å². The fourth-order valence-electron chi connectivity index (χ4n) is 2.65. The molecule has 0 aromatic carbocycles. The van der Waals surface area contributed by atoms with E-state index in [1.54, 1.807) is 0 Å². The number of carbonyl (C=O) groups is 1. The molecule has 12 heavy (non-hydrogen) atoms. The molecule has 0 unspecified atom stereocenters. The summed E-state index contributed by atoms with van der Waals surface area (Å²) in [6, 6.07) is 0. The molecule has 0 aliphatic heterocycles. The van der Waals surface area contributed by atoms with Crippen LogP contribution in [0.5, 0.6) is 0 Å². The third-order valence-corrected chi connectivity index (χ3v) is 3.55. The summed E-state index contributed by atoms with van der Waals surface area (Å²) in [5.41, 5.74) is 0.0770. The van der Waals surface area contributed by atoms with Crippen molar-refractivity contribution in [3.63, 3.8) is 0 Å². The molecule has 2 nitrogen and oxygen atoms in total. The molecule has 0 aromatic rings. The Kier molecular flexibility index (Phi) is 2.03. The Morgan fingerprint density at radius 1 is 1.25 bits per heavy atom. The van der Waals surface area contributed by atoms with E-state index in [1.807, 2.05) is 0 Å². The second-order valence-electron chi connectivity index (χ2n) is 4.16. The van der Waals surface area contributed by atoms with Gasteiger partial charge >= 0.3 is 5.37 Å². The molecule has 1 amide bonds. The van der Waals surface area contributed by atoms with Crippen LogP contribution in [0, 0.1) is 5.92 Å². The van der Waals surface area contributed by atoms with Crippen LogP contribution in [0.15, 0.2) is 0 Å². The van der Waals surface area contributed by atoms with Crippen LogP contribution in [0.3, 0.4) is 0 Å². The molecule has 3 fully saturated rings. The monoisotopic (exact) mass is 187 g/mol. The molecule has 3 aliphatic carbocycles. The Morgan fingerprint density at radius 2 is 1.75 bits per heavy atom. The van der Waals surface area contributed by atoms with Crippen LogP contribution in [-0.4, -0.2) is 10.9 Å². The van der Waals surface area contributed by atoms with E-state index in [1.165, 1.54) is 19.3 Å². The molecule has 3 aliphatic rings. The topological polar surface area (TPSA) is 29.1 Å². The van der Waals surface area contributed by atoms with Crippen molar-refractivity contribution in [3.8, 4) is 0 Å². The van der Waals surface area contributed by atoms with Crippen LogP contribution in [0.1, 0.15) is 38.5 Å². The van der Waals surface area contributed by atoms with Crippen LogP contribution in [-0.2, 0) is 0 Å². The Bertz CT molecular complexity index is 183. The lowest BCUT2D eigenvalue weighted by Crippen LogP contribution is -2.52. The molecular weight excluding hydrogens is 174 g/mol. The zero-order valence-electron chi connectivity index (χ0n) is 7.11. The van der Waals surface area contributed by atoms with Gasteiger partial charge in [-0.05, 0) is 56.0 Å². The van der Waals surface area contributed by atoms with Crippen molar-refractivity contribution in [1.82, 2.24) is 5.32 Å². The first-order chi connectivity index (χ1) is 5.70. The van der Waals surface area contributed by atoms with Crippen molar-refractivity contribution in [1.29, 1.82) is 0 Å². The van der Waals surface area contributed by atoms with E-state index in [0.717, 1.165) is 25.2 Å².